The van der Waals surface area contributed by atoms with E-state index in [0.717, 1.165) is 19.5 Å². The minimum Gasteiger partial charge on any atom is -0.390 e. The number of rotatable bonds is 6. The van der Waals surface area contributed by atoms with Gasteiger partial charge in [-0.2, -0.15) is 5.26 Å². The highest BCUT2D eigenvalue weighted by atomic mass is 16.3. The average Bonchev–Trinajstić information content (AvgIpc) is 2.86. The van der Waals surface area contributed by atoms with Gasteiger partial charge in [-0.1, -0.05) is 0 Å². The van der Waals surface area contributed by atoms with Crippen LogP contribution in [-0.4, -0.2) is 34.7 Å². The molecule has 3 nitrogen and oxygen atoms in total. The number of nitrogens with zero attached hydrogens (tertiary/aromatic N) is 2. The summed E-state index contributed by atoms with van der Waals surface area (Å²) in [4.78, 5) is 2.33. The van der Waals surface area contributed by atoms with E-state index >= 15 is 0 Å². The lowest BCUT2D eigenvalue weighted by Crippen LogP contribution is -2.33. The van der Waals surface area contributed by atoms with E-state index in [1.165, 1.54) is 12.8 Å². The molecule has 0 spiro atoms. The van der Waals surface area contributed by atoms with Crippen LogP contribution in [0.2, 0.25) is 0 Å². The Hall–Kier alpha value is -0.590. The van der Waals surface area contributed by atoms with Crippen molar-refractivity contribution in [1.82, 2.24) is 4.90 Å². The van der Waals surface area contributed by atoms with Crippen LogP contribution in [0.3, 0.4) is 0 Å². The molecule has 0 aromatic rings. The van der Waals surface area contributed by atoms with Crippen molar-refractivity contribution >= 4 is 0 Å². The van der Waals surface area contributed by atoms with Crippen molar-refractivity contribution in [2.45, 2.75) is 51.2 Å². The molecule has 0 heterocycles. The summed E-state index contributed by atoms with van der Waals surface area (Å²) >= 11 is 0. The minimum atomic E-state index is -0.584. The van der Waals surface area contributed by atoms with E-state index in [1.807, 2.05) is 13.8 Å². The van der Waals surface area contributed by atoms with Crippen molar-refractivity contribution in [1.29, 1.82) is 5.26 Å². The van der Waals surface area contributed by atoms with Gasteiger partial charge in [-0.05, 0) is 33.1 Å². The van der Waals surface area contributed by atoms with E-state index in [1.54, 1.807) is 0 Å². The molecule has 0 saturated heterocycles. The fourth-order valence-electron chi connectivity index (χ4n) is 1.53. The molecule has 0 bridgehead atoms. The van der Waals surface area contributed by atoms with Gasteiger partial charge in [-0.15, -0.1) is 0 Å². The number of nitriles is 1. The third-order valence-corrected chi connectivity index (χ3v) is 2.58. The Morgan fingerprint density at radius 3 is 2.50 bits per heavy atom. The molecule has 1 rings (SSSR count). The van der Waals surface area contributed by atoms with Gasteiger partial charge in [0.1, 0.15) is 0 Å². The summed E-state index contributed by atoms with van der Waals surface area (Å²) in [5, 5.41) is 18.1. The van der Waals surface area contributed by atoms with E-state index in [0.29, 0.717) is 12.5 Å². The van der Waals surface area contributed by atoms with Gasteiger partial charge >= 0.3 is 0 Å². The van der Waals surface area contributed by atoms with Crippen molar-refractivity contribution in [3.8, 4) is 6.07 Å². The van der Waals surface area contributed by atoms with Crippen molar-refractivity contribution in [2.24, 2.45) is 0 Å². The van der Waals surface area contributed by atoms with Crippen LogP contribution in [-0.2, 0) is 0 Å². The molecule has 0 aromatic carbocycles. The molecule has 0 unspecified atom stereocenters. The first-order valence-electron chi connectivity index (χ1n) is 5.36. The highest BCUT2D eigenvalue weighted by molar-refractivity contribution is 4.87. The fraction of sp³-hybridized carbons (Fsp3) is 0.909. The van der Waals surface area contributed by atoms with Gasteiger partial charge in [0.25, 0.3) is 0 Å². The highest BCUT2D eigenvalue weighted by Gasteiger charge is 2.29. The van der Waals surface area contributed by atoms with Crippen LogP contribution in [0.25, 0.3) is 0 Å². The lowest BCUT2D eigenvalue weighted by molar-refractivity contribution is 0.0568. The van der Waals surface area contributed by atoms with Crippen LogP contribution in [0.4, 0.5) is 0 Å². The second kappa shape index (κ2) is 4.77. The first-order chi connectivity index (χ1) is 6.53. The summed E-state index contributed by atoms with van der Waals surface area (Å²) in [5.41, 5.74) is -0.584. The molecular formula is C11H20N2O. The molecule has 1 aliphatic rings. The Morgan fingerprint density at radius 2 is 2.07 bits per heavy atom. The van der Waals surface area contributed by atoms with Gasteiger partial charge in [0.15, 0.2) is 0 Å². The smallest absolute Gasteiger partial charge is 0.0635 e. The molecule has 0 aromatic heterocycles. The molecule has 14 heavy (non-hydrogen) atoms. The maximum atomic E-state index is 9.60. The largest absolute Gasteiger partial charge is 0.390 e. The van der Waals surface area contributed by atoms with Crippen LogP contribution in [0.1, 0.15) is 39.5 Å². The lowest BCUT2D eigenvalue weighted by Gasteiger charge is -2.25. The van der Waals surface area contributed by atoms with E-state index in [4.69, 9.17) is 5.26 Å². The summed E-state index contributed by atoms with van der Waals surface area (Å²) in [6.07, 6.45) is 3.91. The van der Waals surface area contributed by atoms with E-state index in [9.17, 15) is 5.11 Å². The molecule has 1 aliphatic carbocycles. The molecule has 0 radical (unpaired) electrons. The molecule has 3 heteroatoms. The number of hydrogen-bond donors (Lipinski definition) is 1. The zero-order valence-electron chi connectivity index (χ0n) is 9.16. The normalized spacial score (nSPS) is 17.1. The van der Waals surface area contributed by atoms with Crippen molar-refractivity contribution < 1.29 is 5.11 Å². The Morgan fingerprint density at radius 1 is 1.43 bits per heavy atom. The Kier molecular flexibility index (Phi) is 3.91. The van der Waals surface area contributed by atoms with E-state index < -0.39 is 5.60 Å². The Labute approximate surface area is 86.3 Å². The van der Waals surface area contributed by atoms with Crippen LogP contribution < -0.4 is 0 Å². The summed E-state index contributed by atoms with van der Waals surface area (Å²) < 4.78 is 0. The number of aliphatic hydroxyl groups is 1. The SMILES string of the molecule is CC(C)(O)CCN(CCC#N)C1CC1. The van der Waals surface area contributed by atoms with Gasteiger partial charge < -0.3 is 5.11 Å². The summed E-state index contributed by atoms with van der Waals surface area (Å²) in [6, 6.07) is 2.86. The maximum Gasteiger partial charge on any atom is 0.0635 e. The molecule has 0 atom stereocenters. The third-order valence-electron chi connectivity index (χ3n) is 2.58. The van der Waals surface area contributed by atoms with Crippen LogP contribution in [0.5, 0.6) is 0 Å². The molecule has 1 fully saturated rings. The van der Waals surface area contributed by atoms with Gasteiger partial charge in [-0.3, -0.25) is 4.90 Å². The fourth-order valence-corrected chi connectivity index (χ4v) is 1.53. The van der Waals surface area contributed by atoms with Gasteiger partial charge in [0, 0.05) is 25.6 Å². The van der Waals surface area contributed by atoms with Crippen LogP contribution in [0.15, 0.2) is 0 Å². The van der Waals surface area contributed by atoms with Crippen molar-refractivity contribution in [3.63, 3.8) is 0 Å². The van der Waals surface area contributed by atoms with Crippen molar-refractivity contribution in [3.05, 3.63) is 0 Å². The second-order valence-electron chi connectivity index (χ2n) is 4.74. The second-order valence-corrected chi connectivity index (χ2v) is 4.74. The van der Waals surface area contributed by atoms with Gasteiger partial charge in [0.2, 0.25) is 0 Å². The van der Waals surface area contributed by atoms with Gasteiger partial charge in [0.05, 0.1) is 11.7 Å². The summed E-state index contributed by atoms with van der Waals surface area (Å²) in [7, 11) is 0. The molecule has 80 valence electrons. The molecular weight excluding hydrogens is 176 g/mol. The summed E-state index contributed by atoms with van der Waals surface area (Å²) in [6.45, 7) is 5.44. The quantitative estimate of drug-likeness (QED) is 0.700. The van der Waals surface area contributed by atoms with Crippen molar-refractivity contribution in [2.75, 3.05) is 13.1 Å². The minimum absolute atomic E-state index is 0.584. The first-order valence-corrected chi connectivity index (χ1v) is 5.36. The Balaban J connectivity index is 2.25. The zero-order chi connectivity index (χ0) is 10.6. The predicted molar refractivity (Wildman–Crippen MR) is 55.7 cm³/mol. The molecule has 1 saturated carbocycles. The maximum absolute atomic E-state index is 9.60. The molecule has 1 N–H and O–H groups in total. The molecule has 0 amide bonds. The van der Waals surface area contributed by atoms with E-state index in [-0.39, 0.29) is 0 Å². The topological polar surface area (TPSA) is 47.3 Å². The number of hydrogen-bond acceptors (Lipinski definition) is 3. The van der Waals surface area contributed by atoms with E-state index in [2.05, 4.69) is 11.0 Å². The zero-order valence-corrected chi connectivity index (χ0v) is 9.16. The first kappa shape index (κ1) is 11.5. The van der Waals surface area contributed by atoms with Crippen LogP contribution >= 0.6 is 0 Å². The molecule has 0 aliphatic heterocycles. The highest BCUT2D eigenvalue weighted by Crippen LogP contribution is 2.27. The standard InChI is InChI=1S/C11H20N2O/c1-11(2,14)6-9-13(8-3-7-12)10-4-5-10/h10,14H,3-6,8-9H2,1-2H3. The third kappa shape index (κ3) is 4.59. The predicted octanol–water partition coefficient (Wildman–Crippen LogP) is 1.53. The summed E-state index contributed by atoms with van der Waals surface area (Å²) in [5.74, 6) is 0. The lowest BCUT2D eigenvalue weighted by atomic mass is 10.1. The van der Waals surface area contributed by atoms with Gasteiger partial charge in [-0.25, -0.2) is 0 Å². The van der Waals surface area contributed by atoms with Crippen LogP contribution in [0, 0.1) is 11.3 Å². The average molecular weight is 196 g/mol. The monoisotopic (exact) mass is 196 g/mol. The Bertz CT molecular complexity index is 210.